The summed E-state index contributed by atoms with van der Waals surface area (Å²) in [6, 6.07) is 12.7. The first kappa shape index (κ1) is 24.7. The molecule has 0 radical (unpaired) electrons. The van der Waals surface area contributed by atoms with Crippen molar-refractivity contribution in [2.75, 3.05) is 18.7 Å². The zero-order valence-corrected chi connectivity index (χ0v) is 19.8. The molecule has 0 fully saturated rings. The van der Waals surface area contributed by atoms with Gasteiger partial charge < -0.3 is 25.3 Å². The van der Waals surface area contributed by atoms with E-state index in [1.54, 1.807) is 43.3 Å². The Kier molecular flexibility index (Phi) is 6.80. The van der Waals surface area contributed by atoms with Crippen LogP contribution in [-0.2, 0) is 6.18 Å². The molecule has 1 aliphatic heterocycles. The van der Waals surface area contributed by atoms with Gasteiger partial charge in [-0.3, -0.25) is 0 Å². The normalized spacial score (nSPS) is 14.6. The van der Waals surface area contributed by atoms with Gasteiger partial charge in [0.25, 0.3) is 0 Å². The minimum atomic E-state index is -4.59. The highest BCUT2D eigenvalue weighted by atomic mass is 19.4. The molecule has 4 rings (SSSR count). The Morgan fingerprint density at radius 2 is 1.77 bits per heavy atom. The molecule has 1 aliphatic rings. The van der Waals surface area contributed by atoms with E-state index in [4.69, 9.17) is 19.9 Å². The highest BCUT2D eigenvalue weighted by Crippen LogP contribution is 2.40. The Labute approximate surface area is 202 Å². The summed E-state index contributed by atoms with van der Waals surface area (Å²) in [7, 11) is 0. The van der Waals surface area contributed by atoms with Crippen LogP contribution in [0.3, 0.4) is 0 Å². The highest BCUT2D eigenvalue weighted by Gasteiger charge is 2.35. The zero-order valence-electron chi connectivity index (χ0n) is 19.8. The zero-order chi connectivity index (χ0) is 25.2. The fourth-order valence-corrected chi connectivity index (χ4v) is 4.09. The number of alkyl halides is 3. The molecule has 2 heterocycles. The lowest BCUT2D eigenvalue weighted by Gasteiger charge is -2.27. The van der Waals surface area contributed by atoms with Gasteiger partial charge in [0, 0.05) is 23.5 Å². The number of nitrogens with two attached hydrogens (primary N) is 1. The second-order valence-electron chi connectivity index (χ2n) is 9.37. The van der Waals surface area contributed by atoms with E-state index in [0.717, 1.165) is 6.07 Å². The Bertz CT molecular complexity index is 1200. The van der Waals surface area contributed by atoms with E-state index in [9.17, 15) is 13.2 Å². The topological polar surface area (TPSA) is 78.6 Å². The van der Waals surface area contributed by atoms with E-state index in [2.05, 4.69) is 10.3 Å². The molecule has 0 spiro atoms. The number of hydrogen-bond acceptors (Lipinski definition) is 6. The van der Waals surface area contributed by atoms with Crippen LogP contribution >= 0.6 is 0 Å². The summed E-state index contributed by atoms with van der Waals surface area (Å²) in [6.07, 6.45) is -2.42. The minimum absolute atomic E-state index is 0.0214. The lowest BCUT2D eigenvalue weighted by Crippen LogP contribution is -2.43. The molecular weight excluding hydrogens is 459 g/mol. The van der Waals surface area contributed by atoms with E-state index in [1.165, 1.54) is 12.3 Å². The molecular formula is C26H28F3N3O3. The number of rotatable bonds is 8. The quantitative estimate of drug-likeness (QED) is 0.384. The third kappa shape index (κ3) is 6.16. The van der Waals surface area contributed by atoms with Crippen molar-refractivity contribution in [2.24, 2.45) is 11.7 Å². The monoisotopic (exact) mass is 487 g/mol. The van der Waals surface area contributed by atoms with Gasteiger partial charge in [-0.05, 0) is 66.8 Å². The van der Waals surface area contributed by atoms with E-state index in [1.807, 2.05) is 13.8 Å². The summed E-state index contributed by atoms with van der Waals surface area (Å²) in [4.78, 5) is 4.28. The number of halogens is 3. The number of nitrogens with one attached hydrogen (secondary N) is 1. The molecule has 0 amide bonds. The van der Waals surface area contributed by atoms with Gasteiger partial charge >= 0.3 is 6.18 Å². The van der Waals surface area contributed by atoms with Crippen LogP contribution in [0.1, 0.15) is 32.8 Å². The summed E-state index contributed by atoms with van der Waals surface area (Å²) in [6.45, 7) is 5.93. The van der Waals surface area contributed by atoms with Gasteiger partial charge in [-0.2, -0.15) is 13.2 Å². The van der Waals surface area contributed by atoms with Crippen LogP contribution in [-0.4, -0.2) is 23.9 Å². The molecule has 6 nitrogen and oxygen atoms in total. The number of anilines is 2. The van der Waals surface area contributed by atoms with E-state index >= 15 is 0 Å². The summed E-state index contributed by atoms with van der Waals surface area (Å²) in [5, 5.41) is 3.14. The first-order valence-corrected chi connectivity index (χ1v) is 11.3. The third-order valence-corrected chi connectivity index (χ3v) is 5.46. The average molecular weight is 488 g/mol. The summed E-state index contributed by atoms with van der Waals surface area (Å²) >= 11 is 0. The Hall–Kier alpha value is -3.46. The maximum Gasteiger partial charge on any atom is 0.419 e. The number of pyridine rings is 1. The lowest BCUT2D eigenvalue weighted by atomic mass is 9.93. The van der Waals surface area contributed by atoms with Crippen molar-refractivity contribution in [3.8, 4) is 28.4 Å². The summed E-state index contributed by atoms with van der Waals surface area (Å²) in [5.41, 5.74) is 6.30. The second-order valence-corrected chi connectivity index (χ2v) is 9.37. The van der Waals surface area contributed by atoms with Gasteiger partial charge in [0.2, 0.25) is 6.79 Å². The smallest absolute Gasteiger partial charge is 0.419 e. The molecule has 1 atom stereocenters. The Morgan fingerprint density at radius 3 is 2.51 bits per heavy atom. The lowest BCUT2D eigenvalue weighted by molar-refractivity contribution is -0.139. The number of nitrogens with zero attached hydrogens (tertiary/aromatic N) is 1. The average Bonchev–Trinajstić information content (AvgIpc) is 3.24. The SMILES string of the molecule is CC(C)CC(C)(N)COc1ccc(-c2ccnc(Nc3ccc4c(c3)OCO4)c2)cc1C(F)(F)F. The van der Waals surface area contributed by atoms with Crippen molar-refractivity contribution in [3.05, 3.63) is 60.3 Å². The van der Waals surface area contributed by atoms with Crippen molar-refractivity contribution in [2.45, 2.75) is 38.9 Å². The maximum atomic E-state index is 13.9. The van der Waals surface area contributed by atoms with Crippen molar-refractivity contribution >= 4 is 11.5 Å². The largest absolute Gasteiger partial charge is 0.491 e. The second kappa shape index (κ2) is 9.65. The molecule has 0 saturated heterocycles. The number of hydrogen-bond donors (Lipinski definition) is 2. The van der Waals surface area contributed by atoms with Crippen LogP contribution in [0.25, 0.3) is 11.1 Å². The molecule has 0 saturated carbocycles. The molecule has 186 valence electrons. The van der Waals surface area contributed by atoms with Gasteiger partial charge in [0.05, 0.1) is 5.56 Å². The molecule has 3 N–H and O–H groups in total. The summed E-state index contributed by atoms with van der Waals surface area (Å²) in [5.74, 6) is 1.79. The van der Waals surface area contributed by atoms with Crippen molar-refractivity contribution in [1.29, 1.82) is 0 Å². The van der Waals surface area contributed by atoms with Crippen LogP contribution in [0.4, 0.5) is 24.7 Å². The van der Waals surface area contributed by atoms with E-state index in [0.29, 0.717) is 46.5 Å². The molecule has 35 heavy (non-hydrogen) atoms. The molecule has 3 aromatic rings. The number of aromatic nitrogens is 1. The van der Waals surface area contributed by atoms with Gasteiger partial charge in [-0.15, -0.1) is 0 Å². The molecule has 0 aliphatic carbocycles. The first-order valence-electron chi connectivity index (χ1n) is 11.3. The molecule has 2 aromatic carbocycles. The van der Waals surface area contributed by atoms with Crippen LogP contribution in [0.15, 0.2) is 54.7 Å². The molecule has 1 aromatic heterocycles. The van der Waals surface area contributed by atoms with Gasteiger partial charge in [-0.1, -0.05) is 19.9 Å². The fourth-order valence-electron chi connectivity index (χ4n) is 4.09. The van der Waals surface area contributed by atoms with Gasteiger partial charge in [-0.25, -0.2) is 4.98 Å². The predicted octanol–water partition coefficient (Wildman–Crippen LogP) is 6.38. The standard InChI is InChI=1S/C26H28F3N3O3/c1-16(2)13-25(3,30)14-33-21-6-4-17(10-20(21)26(27,28)29)18-8-9-31-24(11-18)32-19-5-7-22-23(12-19)35-15-34-22/h4-12,16H,13-15,30H2,1-3H3,(H,31,32). The number of ether oxygens (including phenoxy) is 3. The number of benzene rings is 2. The van der Waals surface area contributed by atoms with Gasteiger partial charge in [0.1, 0.15) is 18.2 Å². The van der Waals surface area contributed by atoms with Crippen LogP contribution in [0.5, 0.6) is 17.2 Å². The van der Waals surface area contributed by atoms with E-state index in [-0.39, 0.29) is 19.1 Å². The number of fused-ring (bicyclic) bond motifs is 1. The van der Waals surface area contributed by atoms with Crippen molar-refractivity contribution < 1.29 is 27.4 Å². The Morgan fingerprint density at radius 1 is 1.03 bits per heavy atom. The fraction of sp³-hybridized carbons (Fsp3) is 0.346. The maximum absolute atomic E-state index is 13.9. The first-order chi connectivity index (χ1) is 16.5. The van der Waals surface area contributed by atoms with Crippen LogP contribution < -0.4 is 25.3 Å². The van der Waals surface area contributed by atoms with Crippen LogP contribution in [0, 0.1) is 5.92 Å². The highest BCUT2D eigenvalue weighted by molar-refractivity contribution is 5.71. The minimum Gasteiger partial charge on any atom is -0.491 e. The van der Waals surface area contributed by atoms with Crippen molar-refractivity contribution in [1.82, 2.24) is 4.98 Å². The van der Waals surface area contributed by atoms with Gasteiger partial charge in [0.15, 0.2) is 11.5 Å². The van der Waals surface area contributed by atoms with E-state index < -0.39 is 17.3 Å². The van der Waals surface area contributed by atoms with Crippen LogP contribution in [0.2, 0.25) is 0 Å². The molecule has 9 heteroatoms. The molecule has 0 bridgehead atoms. The van der Waals surface area contributed by atoms with Crippen molar-refractivity contribution in [3.63, 3.8) is 0 Å². The third-order valence-electron chi connectivity index (χ3n) is 5.46. The Balaban J connectivity index is 1.57. The predicted molar refractivity (Wildman–Crippen MR) is 128 cm³/mol. The molecule has 1 unspecified atom stereocenters. The summed E-state index contributed by atoms with van der Waals surface area (Å²) < 4.78 is 57.9.